The van der Waals surface area contributed by atoms with Crippen LogP contribution >= 0.6 is 0 Å². The van der Waals surface area contributed by atoms with Crippen molar-refractivity contribution in [2.75, 3.05) is 0 Å². The van der Waals surface area contributed by atoms with Crippen LogP contribution in [0.4, 0.5) is 0 Å². The molecule has 0 bridgehead atoms. The molecule has 2 aromatic rings. The Bertz CT molecular complexity index is 848. The third kappa shape index (κ3) is 3.07. The summed E-state index contributed by atoms with van der Waals surface area (Å²) in [5, 5.41) is 17.9. The fourth-order valence-electron chi connectivity index (χ4n) is 1.67. The third-order valence-electron chi connectivity index (χ3n) is 2.77. The maximum atomic E-state index is 12.3. The summed E-state index contributed by atoms with van der Waals surface area (Å²) in [6.07, 6.45) is 1.67. The third-order valence-corrected chi connectivity index (χ3v) is 4.48. The largest absolute Gasteiger partial charge is 0.507 e. The van der Waals surface area contributed by atoms with E-state index in [0.29, 0.717) is 6.08 Å². The first-order chi connectivity index (χ1) is 10.3. The first kappa shape index (κ1) is 15.5. The average molecular weight is 321 g/mol. The molecule has 0 atom stereocenters. The lowest BCUT2D eigenvalue weighted by atomic mass is 10.2. The Morgan fingerprint density at radius 3 is 2.32 bits per heavy atom. The molecule has 0 aliphatic rings. The van der Waals surface area contributed by atoms with Gasteiger partial charge in [0.15, 0.2) is 0 Å². The van der Waals surface area contributed by atoms with Crippen molar-refractivity contribution in [3.05, 3.63) is 54.2 Å². The predicted molar refractivity (Wildman–Crippen MR) is 75.9 cm³/mol. The molecule has 0 saturated heterocycles. The van der Waals surface area contributed by atoms with Crippen LogP contribution < -0.4 is 0 Å². The fraction of sp³-hybridized carbons (Fsp3) is 0. The highest BCUT2D eigenvalue weighted by molar-refractivity contribution is 7.91. The highest BCUT2D eigenvalue weighted by Crippen LogP contribution is 2.22. The maximum absolute atomic E-state index is 12.3. The van der Waals surface area contributed by atoms with Crippen LogP contribution in [0.15, 0.2) is 58.6 Å². The quantitative estimate of drug-likeness (QED) is 0.434. The number of aliphatic hydroxyl groups is 1. The zero-order valence-electron chi connectivity index (χ0n) is 11.1. The molecular weight excluding hydrogens is 310 g/mol. The minimum absolute atomic E-state index is 0.0101. The summed E-state index contributed by atoms with van der Waals surface area (Å²) < 4.78 is 24.6. The molecule has 0 aliphatic carbocycles. The van der Waals surface area contributed by atoms with Crippen molar-refractivity contribution < 1.29 is 28.2 Å². The molecule has 7 nitrogen and oxygen atoms in total. The molecular formula is C14H11NO6S. The van der Waals surface area contributed by atoms with Gasteiger partial charge in [0.05, 0.1) is 4.90 Å². The van der Waals surface area contributed by atoms with Gasteiger partial charge in [-0.2, -0.15) is 0 Å². The zero-order valence-corrected chi connectivity index (χ0v) is 11.9. The van der Waals surface area contributed by atoms with Crippen molar-refractivity contribution in [3.63, 3.8) is 0 Å². The topological polar surface area (TPSA) is 125 Å². The minimum Gasteiger partial charge on any atom is -0.507 e. The number of benzene rings is 1. The van der Waals surface area contributed by atoms with Crippen LogP contribution in [-0.2, 0) is 19.4 Å². The Balaban J connectivity index is 2.37. The van der Waals surface area contributed by atoms with E-state index in [1.807, 2.05) is 0 Å². The highest BCUT2D eigenvalue weighted by Gasteiger charge is 2.20. The van der Waals surface area contributed by atoms with Gasteiger partial charge in [0.25, 0.3) is 5.78 Å². The van der Waals surface area contributed by atoms with E-state index in [4.69, 9.17) is 5.11 Å². The number of sulfone groups is 1. The van der Waals surface area contributed by atoms with E-state index < -0.39 is 27.3 Å². The summed E-state index contributed by atoms with van der Waals surface area (Å²) in [6.45, 7) is 0. The van der Waals surface area contributed by atoms with E-state index in [0.717, 1.165) is 12.3 Å². The molecule has 0 saturated carbocycles. The molecule has 0 amide bonds. The second kappa shape index (κ2) is 5.86. The molecule has 1 aromatic heterocycles. The van der Waals surface area contributed by atoms with Gasteiger partial charge in [-0.25, -0.2) is 13.2 Å². The second-order valence-corrected chi connectivity index (χ2v) is 6.19. The molecule has 0 fully saturated rings. The average Bonchev–Trinajstić information content (AvgIpc) is 2.98. The van der Waals surface area contributed by atoms with E-state index in [-0.39, 0.29) is 15.5 Å². The van der Waals surface area contributed by atoms with Crippen LogP contribution in [-0.4, -0.2) is 35.4 Å². The molecule has 3 N–H and O–H groups in total. The zero-order chi connectivity index (χ0) is 16.3. The number of carbonyl (C=O) groups excluding carboxylic acids is 1. The van der Waals surface area contributed by atoms with Crippen LogP contribution in [0.1, 0.15) is 5.56 Å². The van der Waals surface area contributed by atoms with Gasteiger partial charge in [0.1, 0.15) is 10.8 Å². The van der Waals surface area contributed by atoms with Crippen molar-refractivity contribution in [1.29, 1.82) is 0 Å². The Kier molecular flexibility index (Phi) is 4.13. The minimum atomic E-state index is -3.79. The molecule has 0 aliphatic heterocycles. The Hall–Kier alpha value is -2.87. The van der Waals surface area contributed by atoms with E-state index in [1.165, 1.54) is 12.1 Å². The number of carboxylic acid groups (broad SMARTS) is 1. The van der Waals surface area contributed by atoms with Gasteiger partial charge >= 0.3 is 5.97 Å². The van der Waals surface area contributed by atoms with Crippen LogP contribution in [0.2, 0.25) is 0 Å². The number of aliphatic hydroxyl groups excluding tert-OH is 1. The number of aliphatic carboxylic acids is 1. The number of hydrogen-bond donors (Lipinski definition) is 3. The van der Waals surface area contributed by atoms with Crippen molar-refractivity contribution in [1.82, 2.24) is 4.98 Å². The second-order valence-electron chi connectivity index (χ2n) is 4.27. The van der Waals surface area contributed by atoms with Gasteiger partial charge in [0, 0.05) is 17.8 Å². The van der Waals surface area contributed by atoms with Gasteiger partial charge in [-0.05, 0) is 18.2 Å². The molecule has 1 heterocycles. The SMILES string of the molecule is O=C(O)C(=O)C=C(O)c1c[nH]c(S(=O)(=O)c2ccccc2)c1. The number of aromatic amines is 1. The monoisotopic (exact) mass is 321 g/mol. The standard InChI is InChI=1S/C14H11NO6S/c16-11(7-12(17)14(18)19)9-6-13(15-8-9)22(20,21)10-4-2-1-3-5-10/h1-8,15-16H,(H,18,19). The summed E-state index contributed by atoms with van der Waals surface area (Å²) in [7, 11) is -3.79. The summed E-state index contributed by atoms with van der Waals surface area (Å²) in [5.74, 6) is -3.68. The number of nitrogens with one attached hydrogen (secondary N) is 1. The number of ketones is 1. The number of aromatic nitrogens is 1. The van der Waals surface area contributed by atoms with E-state index in [9.17, 15) is 23.1 Å². The van der Waals surface area contributed by atoms with Crippen molar-refractivity contribution >= 4 is 27.3 Å². The molecule has 0 unspecified atom stereocenters. The molecule has 0 spiro atoms. The van der Waals surface area contributed by atoms with Crippen molar-refractivity contribution in [2.24, 2.45) is 0 Å². The van der Waals surface area contributed by atoms with Gasteiger partial charge < -0.3 is 15.2 Å². The lowest BCUT2D eigenvalue weighted by Crippen LogP contribution is -2.09. The molecule has 1 aromatic carbocycles. The predicted octanol–water partition coefficient (Wildman–Crippen LogP) is 1.40. The molecule has 8 heteroatoms. The van der Waals surface area contributed by atoms with E-state index in [2.05, 4.69) is 4.98 Å². The summed E-state index contributed by atoms with van der Waals surface area (Å²) in [5.41, 5.74) is -0.0101. The van der Waals surface area contributed by atoms with Crippen molar-refractivity contribution in [3.8, 4) is 0 Å². The van der Waals surface area contributed by atoms with Gasteiger partial charge in [-0.3, -0.25) is 4.79 Å². The van der Waals surface area contributed by atoms with Crippen LogP contribution in [0, 0.1) is 0 Å². The van der Waals surface area contributed by atoms with Crippen molar-refractivity contribution in [2.45, 2.75) is 9.92 Å². The molecule has 0 radical (unpaired) electrons. The summed E-state index contributed by atoms with van der Waals surface area (Å²) in [6, 6.07) is 8.76. The number of carbonyl (C=O) groups is 2. The normalized spacial score (nSPS) is 12.1. The Labute approximate surface area is 125 Å². The lowest BCUT2D eigenvalue weighted by molar-refractivity contribution is -0.146. The van der Waals surface area contributed by atoms with Crippen LogP contribution in [0.25, 0.3) is 5.76 Å². The van der Waals surface area contributed by atoms with Gasteiger partial charge in [-0.15, -0.1) is 0 Å². The van der Waals surface area contributed by atoms with Gasteiger partial charge in [0.2, 0.25) is 9.84 Å². The molecule has 22 heavy (non-hydrogen) atoms. The Morgan fingerprint density at radius 1 is 1.09 bits per heavy atom. The van der Waals surface area contributed by atoms with Gasteiger partial charge in [-0.1, -0.05) is 18.2 Å². The Morgan fingerprint density at radius 2 is 1.73 bits per heavy atom. The summed E-state index contributed by atoms with van der Waals surface area (Å²) >= 11 is 0. The van der Waals surface area contributed by atoms with E-state index in [1.54, 1.807) is 18.2 Å². The van der Waals surface area contributed by atoms with Crippen LogP contribution in [0.3, 0.4) is 0 Å². The van der Waals surface area contributed by atoms with Crippen LogP contribution in [0.5, 0.6) is 0 Å². The number of H-pyrrole nitrogens is 1. The molecule has 114 valence electrons. The fourth-order valence-corrected chi connectivity index (χ4v) is 2.94. The smallest absolute Gasteiger partial charge is 0.376 e. The highest BCUT2D eigenvalue weighted by atomic mass is 32.2. The first-order valence-corrected chi connectivity index (χ1v) is 7.47. The number of rotatable bonds is 5. The first-order valence-electron chi connectivity index (χ1n) is 5.99. The lowest BCUT2D eigenvalue weighted by Gasteiger charge is -2.00. The number of carboxylic acids is 1. The van der Waals surface area contributed by atoms with E-state index >= 15 is 0 Å². The number of hydrogen-bond acceptors (Lipinski definition) is 5. The molecule has 2 rings (SSSR count). The summed E-state index contributed by atoms with van der Waals surface area (Å²) in [4.78, 5) is 23.9. The maximum Gasteiger partial charge on any atom is 0.376 e.